The van der Waals surface area contributed by atoms with Gasteiger partial charge in [0.2, 0.25) is 0 Å². The van der Waals surface area contributed by atoms with E-state index < -0.39 is 12.1 Å². The number of carboxylic acid groups (broad SMARTS) is 1. The molecule has 0 aliphatic heterocycles. The summed E-state index contributed by atoms with van der Waals surface area (Å²) in [6.07, 6.45) is 13.8. The van der Waals surface area contributed by atoms with Gasteiger partial charge in [0.1, 0.15) is 6.10 Å². The molecule has 0 aromatic rings. The highest BCUT2D eigenvalue weighted by atomic mass is 16.4. The third kappa shape index (κ3) is 16.7. The number of hydrogen-bond donors (Lipinski definition) is 2. The molecule has 0 amide bonds. The van der Waals surface area contributed by atoms with Crippen LogP contribution in [0.1, 0.15) is 77.6 Å². The van der Waals surface area contributed by atoms with Crippen LogP contribution < -0.4 is 0 Å². The Balaban J connectivity index is 3.48. The number of unbranched alkanes of at least 4 members (excludes halogenated alkanes) is 7. The van der Waals surface area contributed by atoms with E-state index in [0.717, 1.165) is 32.1 Å². The summed E-state index contributed by atoms with van der Waals surface area (Å²) in [7, 11) is 0. The van der Waals surface area contributed by atoms with Gasteiger partial charge in [0.25, 0.3) is 0 Å². The first kappa shape index (κ1) is 19.7. The lowest BCUT2D eigenvalue weighted by Crippen LogP contribution is -2.02. The maximum absolute atomic E-state index is 10.3. The van der Waals surface area contributed by atoms with Crippen LogP contribution in [0.5, 0.6) is 0 Å². The number of rotatable bonds is 12. The molecule has 0 heterocycles. The SMILES string of the molecule is CCCCCC/C=C\C#CC(O)CCCCCCC(=O)O. The van der Waals surface area contributed by atoms with Crippen molar-refractivity contribution in [2.45, 2.75) is 83.7 Å². The molecular weight excluding hydrogens is 264 g/mol. The third-order valence-electron chi connectivity index (χ3n) is 3.29. The maximum atomic E-state index is 10.3. The van der Waals surface area contributed by atoms with E-state index in [1.54, 1.807) is 0 Å². The lowest BCUT2D eigenvalue weighted by Gasteiger charge is -2.02. The van der Waals surface area contributed by atoms with Gasteiger partial charge in [-0.15, -0.1) is 0 Å². The van der Waals surface area contributed by atoms with E-state index in [1.807, 2.05) is 6.08 Å². The van der Waals surface area contributed by atoms with E-state index >= 15 is 0 Å². The van der Waals surface area contributed by atoms with Crippen molar-refractivity contribution < 1.29 is 15.0 Å². The highest BCUT2D eigenvalue weighted by molar-refractivity contribution is 5.66. The predicted octanol–water partition coefficient (Wildman–Crippen LogP) is 4.30. The standard InChI is InChI=1S/C18H30O3/c1-2-3-4-5-6-7-8-11-14-17(19)15-12-9-10-13-16-18(20)21/h7-8,17,19H,2-6,9-10,12-13,15-16H2,1H3,(H,20,21)/b8-7-. The Labute approximate surface area is 129 Å². The quantitative estimate of drug-likeness (QED) is 0.417. The predicted molar refractivity (Wildman–Crippen MR) is 87.0 cm³/mol. The number of carbonyl (C=O) groups is 1. The van der Waals surface area contributed by atoms with E-state index in [9.17, 15) is 9.90 Å². The summed E-state index contributed by atoms with van der Waals surface area (Å²) in [4.78, 5) is 10.3. The van der Waals surface area contributed by atoms with E-state index in [2.05, 4.69) is 24.8 Å². The van der Waals surface area contributed by atoms with Crippen molar-refractivity contribution in [3.63, 3.8) is 0 Å². The smallest absolute Gasteiger partial charge is 0.303 e. The molecule has 0 rings (SSSR count). The van der Waals surface area contributed by atoms with Crippen molar-refractivity contribution in [2.24, 2.45) is 0 Å². The molecule has 0 spiro atoms. The summed E-state index contributed by atoms with van der Waals surface area (Å²) in [6.45, 7) is 2.20. The van der Waals surface area contributed by atoms with Crippen LogP contribution >= 0.6 is 0 Å². The molecule has 0 saturated carbocycles. The summed E-state index contributed by atoms with van der Waals surface area (Å²) < 4.78 is 0. The molecule has 120 valence electrons. The van der Waals surface area contributed by atoms with Crippen molar-refractivity contribution in [1.82, 2.24) is 0 Å². The van der Waals surface area contributed by atoms with E-state index in [4.69, 9.17) is 5.11 Å². The first-order valence-corrected chi connectivity index (χ1v) is 8.22. The number of aliphatic hydroxyl groups excluding tert-OH is 1. The third-order valence-corrected chi connectivity index (χ3v) is 3.29. The molecule has 0 aromatic heterocycles. The molecule has 2 N–H and O–H groups in total. The van der Waals surface area contributed by atoms with Crippen molar-refractivity contribution in [3.05, 3.63) is 12.2 Å². The number of aliphatic hydroxyl groups is 1. The fraction of sp³-hybridized carbons (Fsp3) is 0.722. The lowest BCUT2D eigenvalue weighted by molar-refractivity contribution is -0.137. The van der Waals surface area contributed by atoms with E-state index in [1.165, 1.54) is 25.7 Å². The summed E-state index contributed by atoms with van der Waals surface area (Å²) in [6, 6.07) is 0. The number of hydrogen-bond acceptors (Lipinski definition) is 2. The average Bonchev–Trinajstić information content (AvgIpc) is 2.45. The fourth-order valence-electron chi connectivity index (χ4n) is 2.02. The second-order valence-electron chi connectivity index (χ2n) is 5.40. The Bertz CT molecular complexity index is 336. The zero-order valence-electron chi connectivity index (χ0n) is 13.3. The molecule has 1 atom stereocenters. The Kier molecular flexibility index (Phi) is 14.2. The topological polar surface area (TPSA) is 57.5 Å². The largest absolute Gasteiger partial charge is 0.481 e. The molecule has 1 unspecified atom stereocenters. The Morgan fingerprint density at radius 2 is 1.81 bits per heavy atom. The van der Waals surface area contributed by atoms with Crippen LogP contribution in [0.4, 0.5) is 0 Å². The molecule has 21 heavy (non-hydrogen) atoms. The van der Waals surface area contributed by atoms with Gasteiger partial charge < -0.3 is 10.2 Å². The van der Waals surface area contributed by atoms with Crippen LogP contribution in [0, 0.1) is 11.8 Å². The molecule has 0 radical (unpaired) electrons. The van der Waals surface area contributed by atoms with Crippen LogP contribution in [-0.2, 0) is 4.79 Å². The zero-order valence-corrected chi connectivity index (χ0v) is 13.3. The molecule has 0 fully saturated rings. The highest BCUT2D eigenvalue weighted by Crippen LogP contribution is 2.07. The normalized spacial score (nSPS) is 12.1. The highest BCUT2D eigenvalue weighted by Gasteiger charge is 2.00. The average molecular weight is 294 g/mol. The Morgan fingerprint density at radius 3 is 2.52 bits per heavy atom. The maximum Gasteiger partial charge on any atom is 0.303 e. The van der Waals surface area contributed by atoms with Gasteiger partial charge in [-0.2, -0.15) is 0 Å². The molecular formula is C18H30O3. The van der Waals surface area contributed by atoms with Crippen LogP contribution in [0.25, 0.3) is 0 Å². The molecule has 3 nitrogen and oxygen atoms in total. The second kappa shape index (κ2) is 15.1. The summed E-state index contributed by atoms with van der Waals surface area (Å²) in [5.74, 6) is 4.97. The van der Waals surface area contributed by atoms with E-state index in [0.29, 0.717) is 6.42 Å². The van der Waals surface area contributed by atoms with Crippen LogP contribution in [0.15, 0.2) is 12.2 Å². The summed E-state index contributed by atoms with van der Waals surface area (Å²) in [5.41, 5.74) is 0. The van der Waals surface area contributed by atoms with Gasteiger partial charge in [-0.3, -0.25) is 4.79 Å². The molecule has 0 aliphatic carbocycles. The molecule has 3 heteroatoms. The van der Waals surface area contributed by atoms with E-state index in [-0.39, 0.29) is 6.42 Å². The monoisotopic (exact) mass is 294 g/mol. The summed E-state index contributed by atoms with van der Waals surface area (Å²) >= 11 is 0. The van der Waals surface area contributed by atoms with Gasteiger partial charge >= 0.3 is 5.97 Å². The van der Waals surface area contributed by atoms with Crippen molar-refractivity contribution in [3.8, 4) is 11.8 Å². The lowest BCUT2D eigenvalue weighted by atomic mass is 10.1. The molecule has 0 aromatic carbocycles. The molecule has 0 bridgehead atoms. The molecule has 0 saturated heterocycles. The number of allylic oxidation sites excluding steroid dienone is 2. The van der Waals surface area contributed by atoms with Crippen LogP contribution in [0.3, 0.4) is 0 Å². The Morgan fingerprint density at radius 1 is 1.10 bits per heavy atom. The minimum absolute atomic E-state index is 0.241. The molecule has 0 aliphatic rings. The van der Waals surface area contributed by atoms with Gasteiger partial charge in [-0.25, -0.2) is 0 Å². The van der Waals surface area contributed by atoms with Gasteiger partial charge in [-0.05, 0) is 38.2 Å². The summed E-state index contributed by atoms with van der Waals surface area (Å²) in [5, 5.41) is 18.2. The van der Waals surface area contributed by atoms with Crippen molar-refractivity contribution >= 4 is 5.97 Å². The van der Waals surface area contributed by atoms with Crippen molar-refractivity contribution in [2.75, 3.05) is 0 Å². The fourth-order valence-corrected chi connectivity index (χ4v) is 2.02. The van der Waals surface area contributed by atoms with Crippen LogP contribution in [-0.4, -0.2) is 22.3 Å². The zero-order chi connectivity index (χ0) is 15.8. The van der Waals surface area contributed by atoms with Crippen molar-refractivity contribution in [1.29, 1.82) is 0 Å². The minimum Gasteiger partial charge on any atom is -0.481 e. The van der Waals surface area contributed by atoms with Gasteiger partial charge in [0.05, 0.1) is 0 Å². The van der Waals surface area contributed by atoms with Gasteiger partial charge in [0.15, 0.2) is 0 Å². The first-order valence-electron chi connectivity index (χ1n) is 8.22. The second-order valence-corrected chi connectivity index (χ2v) is 5.40. The number of carboxylic acids is 1. The van der Waals surface area contributed by atoms with Crippen LogP contribution in [0.2, 0.25) is 0 Å². The van der Waals surface area contributed by atoms with Gasteiger partial charge in [-0.1, -0.05) is 56.9 Å². The first-order chi connectivity index (χ1) is 10.2. The number of aliphatic carboxylic acids is 1. The van der Waals surface area contributed by atoms with Gasteiger partial charge in [0, 0.05) is 6.42 Å². The Hall–Kier alpha value is -1.27. The minimum atomic E-state index is -0.734.